The van der Waals surface area contributed by atoms with Gasteiger partial charge < -0.3 is 0 Å². The van der Waals surface area contributed by atoms with E-state index in [-0.39, 0.29) is 0 Å². The predicted molar refractivity (Wildman–Crippen MR) is 126 cm³/mol. The summed E-state index contributed by atoms with van der Waals surface area (Å²) >= 11 is 0. The van der Waals surface area contributed by atoms with Gasteiger partial charge in [0.25, 0.3) is 0 Å². The number of carbonyl (C=O) groups is 5. The zero-order valence-corrected chi connectivity index (χ0v) is 18.5. The number of benzene rings is 3. The second kappa shape index (κ2) is 7.84. The molecule has 7 nitrogen and oxygen atoms in total. The third kappa shape index (κ3) is 2.94. The molecule has 4 amide bonds. The van der Waals surface area contributed by atoms with Crippen molar-refractivity contribution in [3.63, 3.8) is 0 Å². The SMILES string of the molecule is O=C(c1ccccc1)C1[C@H]2C(=O)N(c3ccccc3)C(=O)[C@H]2[C@H]2C(=O)N(c3ccccc3)C(=O)[C@@H]12. The van der Waals surface area contributed by atoms with Crippen LogP contribution >= 0.6 is 0 Å². The van der Waals surface area contributed by atoms with Crippen LogP contribution in [0.3, 0.4) is 0 Å². The smallest absolute Gasteiger partial charge is 0.238 e. The summed E-state index contributed by atoms with van der Waals surface area (Å²) in [5, 5.41) is 0. The average Bonchev–Trinajstić information content (AvgIpc) is 3.46. The number of amides is 4. The Balaban J connectivity index is 1.49. The summed E-state index contributed by atoms with van der Waals surface area (Å²) in [7, 11) is 0. The fourth-order valence-corrected chi connectivity index (χ4v) is 5.94. The van der Waals surface area contributed by atoms with Gasteiger partial charge in [0.2, 0.25) is 23.6 Å². The molecule has 2 saturated heterocycles. The van der Waals surface area contributed by atoms with E-state index in [1.807, 2.05) is 0 Å². The summed E-state index contributed by atoms with van der Waals surface area (Å²) in [6.07, 6.45) is 0. The van der Waals surface area contributed by atoms with Gasteiger partial charge in [0, 0.05) is 11.5 Å². The van der Waals surface area contributed by atoms with Gasteiger partial charge in [0.05, 0.1) is 35.0 Å². The van der Waals surface area contributed by atoms with Gasteiger partial charge in [-0.25, -0.2) is 0 Å². The van der Waals surface area contributed by atoms with Crippen molar-refractivity contribution >= 4 is 40.8 Å². The van der Waals surface area contributed by atoms with Crippen LogP contribution in [-0.2, 0) is 19.2 Å². The zero-order chi connectivity index (χ0) is 24.3. The predicted octanol–water partition coefficient (Wildman–Crippen LogP) is 3.11. The number of carbonyl (C=O) groups excluding carboxylic acids is 5. The molecule has 0 N–H and O–H groups in total. The average molecular weight is 464 g/mol. The van der Waals surface area contributed by atoms with E-state index < -0.39 is 59.0 Å². The lowest BCUT2D eigenvalue weighted by Gasteiger charge is -2.23. The first kappa shape index (κ1) is 21.2. The maximum absolute atomic E-state index is 13.8. The molecule has 3 aromatic rings. The summed E-state index contributed by atoms with van der Waals surface area (Å²) < 4.78 is 0. The molecule has 35 heavy (non-hydrogen) atoms. The highest BCUT2D eigenvalue weighted by molar-refractivity contribution is 6.30. The molecule has 5 atom stereocenters. The topological polar surface area (TPSA) is 91.8 Å². The van der Waals surface area contributed by atoms with E-state index >= 15 is 0 Å². The van der Waals surface area contributed by atoms with E-state index in [4.69, 9.17) is 0 Å². The minimum absolute atomic E-state index is 0.341. The highest BCUT2D eigenvalue weighted by Crippen LogP contribution is 2.56. The first-order valence-corrected chi connectivity index (χ1v) is 11.5. The standard InChI is InChI=1S/C28H20N2O5/c31-24(16-10-4-1-5-11-16)19-20-22(27(34)29(25(20)32)17-12-6-2-7-13-17)23-21(19)26(33)30(28(23)35)18-14-8-3-9-15-18/h1-15,19-23H/t19?,20-,21+,22-,23+. The van der Waals surface area contributed by atoms with E-state index in [0.29, 0.717) is 16.9 Å². The molecule has 1 saturated carbocycles. The lowest BCUT2D eigenvalue weighted by Crippen LogP contribution is -2.40. The molecule has 0 bridgehead atoms. The molecule has 0 aromatic heterocycles. The fourth-order valence-electron chi connectivity index (χ4n) is 5.94. The number of imide groups is 2. The third-order valence-corrected chi connectivity index (χ3v) is 7.35. The summed E-state index contributed by atoms with van der Waals surface area (Å²) in [4.78, 5) is 70.5. The van der Waals surface area contributed by atoms with E-state index in [9.17, 15) is 24.0 Å². The molecule has 6 rings (SSSR count). The van der Waals surface area contributed by atoms with Crippen LogP contribution in [-0.4, -0.2) is 29.4 Å². The van der Waals surface area contributed by atoms with E-state index in [2.05, 4.69) is 0 Å². The van der Waals surface area contributed by atoms with E-state index in [1.54, 1.807) is 91.0 Å². The second-order valence-corrected chi connectivity index (χ2v) is 9.05. The number of anilines is 2. The Labute approximate surface area is 201 Å². The van der Waals surface area contributed by atoms with Crippen molar-refractivity contribution in [1.29, 1.82) is 0 Å². The van der Waals surface area contributed by atoms with Gasteiger partial charge in [0.15, 0.2) is 5.78 Å². The van der Waals surface area contributed by atoms with Gasteiger partial charge in [-0.3, -0.25) is 33.8 Å². The molecule has 172 valence electrons. The molecule has 0 radical (unpaired) electrons. The largest absolute Gasteiger partial charge is 0.294 e. The van der Waals surface area contributed by atoms with Crippen LogP contribution in [0.5, 0.6) is 0 Å². The van der Waals surface area contributed by atoms with Crippen molar-refractivity contribution in [2.75, 3.05) is 9.80 Å². The summed E-state index contributed by atoms with van der Waals surface area (Å²) in [5.74, 6) is -7.97. The zero-order valence-electron chi connectivity index (χ0n) is 18.5. The Morgan fingerprint density at radius 3 is 1.23 bits per heavy atom. The molecule has 2 aliphatic heterocycles. The molecule has 3 aliphatic rings. The maximum Gasteiger partial charge on any atom is 0.238 e. The molecular weight excluding hydrogens is 444 g/mol. The summed E-state index contributed by atoms with van der Waals surface area (Å²) in [6, 6.07) is 25.3. The quantitative estimate of drug-likeness (QED) is 0.437. The van der Waals surface area contributed by atoms with Crippen molar-refractivity contribution in [3.8, 4) is 0 Å². The minimum atomic E-state index is -1.11. The minimum Gasteiger partial charge on any atom is -0.294 e. The van der Waals surface area contributed by atoms with Crippen LogP contribution in [0.4, 0.5) is 11.4 Å². The number of fused-ring (bicyclic) bond motifs is 3. The lowest BCUT2D eigenvalue weighted by molar-refractivity contribution is -0.129. The number of hydrogen-bond acceptors (Lipinski definition) is 5. The van der Waals surface area contributed by atoms with Gasteiger partial charge in [-0.2, -0.15) is 0 Å². The monoisotopic (exact) mass is 464 g/mol. The Hall–Kier alpha value is -4.39. The normalized spacial score (nSPS) is 27.4. The van der Waals surface area contributed by atoms with Crippen LogP contribution in [0, 0.1) is 29.6 Å². The van der Waals surface area contributed by atoms with Gasteiger partial charge in [-0.05, 0) is 24.3 Å². The molecule has 1 aliphatic carbocycles. The summed E-state index contributed by atoms with van der Waals surface area (Å²) in [6.45, 7) is 0. The molecule has 1 unspecified atom stereocenters. The Bertz CT molecular complexity index is 1290. The lowest BCUT2D eigenvalue weighted by atomic mass is 9.81. The Morgan fingerprint density at radius 1 is 0.486 bits per heavy atom. The van der Waals surface area contributed by atoms with Crippen LogP contribution in [0.1, 0.15) is 10.4 Å². The first-order chi connectivity index (χ1) is 17.0. The Morgan fingerprint density at radius 2 is 0.829 bits per heavy atom. The van der Waals surface area contributed by atoms with Gasteiger partial charge in [-0.1, -0.05) is 66.7 Å². The molecular formula is C28H20N2O5. The second-order valence-electron chi connectivity index (χ2n) is 9.05. The highest BCUT2D eigenvalue weighted by Gasteiger charge is 2.72. The first-order valence-electron chi connectivity index (χ1n) is 11.5. The van der Waals surface area contributed by atoms with Crippen molar-refractivity contribution in [2.45, 2.75) is 0 Å². The number of Topliss-reactive ketones (excluding diaryl/α,β-unsaturated/α-hetero) is 1. The number of rotatable bonds is 4. The third-order valence-electron chi connectivity index (χ3n) is 7.35. The molecule has 3 aromatic carbocycles. The van der Waals surface area contributed by atoms with Crippen LogP contribution in [0.2, 0.25) is 0 Å². The fraction of sp³-hybridized carbons (Fsp3) is 0.179. The van der Waals surface area contributed by atoms with Crippen molar-refractivity contribution in [3.05, 3.63) is 96.6 Å². The van der Waals surface area contributed by atoms with Crippen molar-refractivity contribution < 1.29 is 24.0 Å². The van der Waals surface area contributed by atoms with Crippen molar-refractivity contribution in [2.24, 2.45) is 29.6 Å². The van der Waals surface area contributed by atoms with Gasteiger partial charge in [-0.15, -0.1) is 0 Å². The van der Waals surface area contributed by atoms with Crippen LogP contribution in [0.15, 0.2) is 91.0 Å². The number of hydrogen-bond donors (Lipinski definition) is 0. The number of ketones is 1. The summed E-state index contributed by atoms with van der Waals surface area (Å²) in [5.41, 5.74) is 1.11. The van der Waals surface area contributed by atoms with E-state index in [0.717, 1.165) is 9.80 Å². The highest BCUT2D eigenvalue weighted by atomic mass is 16.2. The maximum atomic E-state index is 13.8. The molecule has 3 fully saturated rings. The van der Waals surface area contributed by atoms with Crippen LogP contribution < -0.4 is 9.80 Å². The van der Waals surface area contributed by atoms with Gasteiger partial charge >= 0.3 is 0 Å². The van der Waals surface area contributed by atoms with Gasteiger partial charge in [0.1, 0.15) is 0 Å². The number of para-hydroxylation sites is 2. The van der Waals surface area contributed by atoms with Crippen LogP contribution in [0.25, 0.3) is 0 Å². The molecule has 0 spiro atoms. The molecule has 2 heterocycles. The molecule has 7 heteroatoms. The van der Waals surface area contributed by atoms with E-state index in [1.165, 1.54) is 0 Å². The van der Waals surface area contributed by atoms with Crippen molar-refractivity contribution in [1.82, 2.24) is 0 Å². The Kier molecular flexibility index (Phi) is 4.74. The number of nitrogens with zero attached hydrogens (tertiary/aromatic N) is 2.